The summed E-state index contributed by atoms with van der Waals surface area (Å²) in [4.78, 5) is 11.2. The maximum Gasteiger partial charge on any atom is 0.246 e. The minimum atomic E-state index is 0.560. The molecule has 0 radical (unpaired) electrons. The van der Waals surface area contributed by atoms with Crippen LogP contribution >= 0.6 is 0 Å². The van der Waals surface area contributed by atoms with Gasteiger partial charge in [-0.1, -0.05) is 24.6 Å². The van der Waals surface area contributed by atoms with E-state index in [1.165, 1.54) is 32.4 Å². The van der Waals surface area contributed by atoms with Crippen molar-refractivity contribution in [2.75, 3.05) is 36.8 Å². The second-order valence-electron chi connectivity index (χ2n) is 6.73. The van der Waals surface area contributed by atoms with E-state index in [9.17, 15) is 0 Å². The van der Waals surface area contributed by atoms with Crippen LogP contribution < -0.4 is 10.6 Å². The number of likely N-dealkylation sites (tertiary alicyclic amines) is 1. The van der Waals surface area contributed by atoms with Gasteiger partial charge in [-0.15, -0.1) is 5.10 Å². The van der Waals surface area contributed by atoms with Crippen molar-refractivity contribution in [2.45, 2.75) is 19.3 Å². The first-order valence-corrected chi connectivity index (χ1v) is 9.53. The molecule has 1 aliphatic heterocycles. The Balaban J connectivity index is 1.33. The Kier molecular flexibility index (Phi) is 5.59. The maximum absolute atomic E-state index is 4.48. The van der Waals surface area contributed by atoms with Crippen LogP contribution in [0.4, 0.5) is 17.5 Å². The van der Waals surface area contributed by atoms with E-state index >= 15 is 0 Å². The van der Waals surface area contributed by atoms with Gasteiger partial charge in [0, 0.05) is 31.0 Å². The van der Waals surface area contributed by atoms with E-state index in [2.05, 4.69) is 30.6 Å². The zero-order valence-corrected chi connectivity index (χ0v) is 15.4. The number of nitrogens with zero attached hydrogens (tertiary/aromatic N) is 5. The van der Waals surface area contributed by atoms with Crippen molar-refractivity contribution in [3.8, 4) is 5.69 Å². The third-order valence-electron chi connectivity index (χ3n) is 4.71. The van der Waals surface area contributed by atoms with Crippen LogP contribution in [-0.4, -0.2) is 50.8 Å². The lowest BCUT2D eigenvalue weighted by Crippen LogP contribution is -2.33. The zero-order chi connectivity index (χ0) is 18.3. The summed E-state index contributed by atoms with van der Waals surface area (Å²) in [5, 5.41) is 11.1. The van der Waals surface area contributed by atoms with Gasteiger partial charge in [0.15, 0.2) is 0 Å². The van der Waals surface area contributed by atoms with E-state index in [4.69, 9.17) is 0 Å². The molecular formula is C20H25N7. The molecule has 0 bridgehead atoms. The Hall–Kier alpha value is -2.93. The number of rotatable bonds is 7. The largest absolute Gasteiger partial charge is 0.369 e. The lowest BCUT2D eigenvalue weighted by atomic mass is 10.1. The maximum atomic E-state index is 4.48. The van der Waals surface area contributed by atoms with Crippen LogP contribution in [0, 0.1) is 0 Å². The fraction of sp³-hybridized carbons (Fsp3) is 0.350. The molecule has 27 heavy (non-hydrogen) atoms. The smallest absolute Gasteiger partial charge is 0.246 e. The zero-order valence-electron chi connectivity index (χ0n) is 15.4. The first kappa shape index (κ1) is 17.5. The van der Waals surface area contributed by atoms with Gasteiger partial charge >= 0.3 is 0 Å². The third-order valence-corrected chi connectivity index (χ3v) is 4.71. The van der Waals surface area contributed by atoms with Crippen LogP contribution in [0.3, 0.4) is 0 Å². The Morgan fingerprint density at radius 2 is 1.81 bits per heavy atom. The van der Waals surface area contributed by atoms with E-state index in [1.807, 2.05) is 42.5 Å². The standard InChI is InChI=1S/C20H25N7/c1-3-7-18(8-4-1)27-16-23-20(25-27)24-17-9-10-21-19(15-17)22-11-14-26-12-5-2-6-13-26/h1,3-4,7-10,15-16H,2,5-6,11-14H2,(H2,21,22,24,25). The van der Waals surface area contributed by atoms with Gasteiger partial charge in [-0.2, -0.15) is 4.98 Å². The van der Waals surface area contributed by atoms with Crippen molar-refractivity contribution in [2.24, 2.45) is 0 Å². The number of pyridine rings is 1. The van der Waals surface area contributed by atoms with E-state index < -0.39 is 0 Å². The fourth-order valence-electron chi connectivity index (χ4n) is 3.28. The number of hydrogen-bond donors (Lipinski definition) is 2. The summed E-state index contributed by atoms with van der Waals surface area (Å²) in [6.07, 6.45) is 7.50. The summed E-state index contributed by atoms with van der Waals surface area (Å²) in [5.74, 6) is 1.42. The highest BCUT2D eigenvalue weighted by atomic mass is 15.4. The lowest BCUT2D eigenvalue weighted by molar-refractivity contribution is 0.237. The Bertz CT molecular complexity index is 840. The highest BCUT2D eigenvalue weighted by Gasteiger charge is 2.09. The number of para-hydroxylation sites is 1. The monoisotopic (exact) mass is 363 g/mol. The van der Waals surface area contributed by atoms with Crippen molar-refractivity contribution < 1.29 is 0 Å². The van der Waals surface area contributed by atoms with Gasteiger partial charge < -0.3 is 15.5 Å². The minimum Gasteiger partial charge on any atom is -0.369 e. The normalized spacial score (nSPS) is 14.8. The molecule has 3 aromatic rings. The third kappa shape index (κ3) is 4.83. The quantitative estimate of drug-likeness (QED) is 0.671. The number of hydrogen-bond acceptors (Lipinski definition) is 6. The number of nitrogens with one attached hydrogen (secondary N) is 2. The molecular weight excluding hydrogens is 338 g/mol. The van der Waals surface area contributed by atoms with Crippen LogP contribution in [0.1, 0.15) is 19.3 Å². The second kappa shape index (κ2) is 8.64. The summed E-state index contributed by atoms with van der Waals surface area (Å²) in [7, 11) is 0. The number of piperidine rings is 1. The van der Waals surface area contributed by atoms with Crippen molar-refractivity contribution in [1.29, 1.82) is 0 Å². The van der Waals surface area contributed by atoms with Crippen molar-refractivity contribution in [1.82, 2.24) is 24.6 Å². The molecule has 4 rings (SSSR count). The van der Waals surface area contributed by atoms with Gasteiger partial charge in [-0.3, -0.25) is 0 Å². The molecule has 1 saturated heterocycles. The Morgan fingerprint density at radius 3 is 2.67 bits per heavy atom. The van der Waals surface area contributed by atoms with Gasteiger partial charge in [0.05, 0.1) is 5.69 Å². The summed E-state index contributed by atoms with van der Waals surface area (Å²) in [5.41, 5.74) is 1.89. The van der Waals surface area contributed by atoms with Gasteiger partial charge in [-0.25, -0.2) is 9.67 Å². The van der Waals surface area contributed by atoms with Gasteiger partial charge in [0.25, 0.3) is 0 Å². The fourth-order valence-corrected chi connectivity index (χ4v) is 3.28. The molecule has 1 aliphatic rings. The molecule has 1 aromatic carbocycles. The predicted molar refractivity (Wildman–Crippen MR) is 108 cm³/mol. The summed E-state index contributed by atoms with van der Waals surface area (Å²) >= 11 is 0. The molecule has 0 spiro atoms. The molecule has 0 saturated carbocycles. The van der Waals surface area contributed by atoms with Crippen LogP contribution in [0.2, 0.25) is 0 Å². The predicted octanol–water partition coefficient (Wildman–Crippen LogP) is 3.30. The van der Waals surface area contributed by atoms with Crippen LogP contribution in [-0.2, 0) is 0 Å². The molecule has 140 valence electrons. The molecule has 3 heterocycles. The van der Waals surface area contributed by atoms with Crippen LogP contribution in [0.25, 0.3) is 5.69 Å². The van der Waals surface area contributed by atoms with E-state index in [-0.39, 0.29) is 0 Å². The molecule has 2 aromatic heterocycles. The first-order valence-electron chi connectivity index (χ1n) is 9.53. The average Bonchev–Trinajstić information content (AvgIpc) is 3.18. The highest BCUT2D eigenvalue weighted by molar-refractivity contribution is 5.57. The number of anilines is 3. The SMILES string of the molecule is c1ccc(-n2cnc(Nc3ccnc(NCCN4CCCCC4)c3)n2)cc1. The van der Waals surface area contributed by atoms with Gasteiger partial charge in [0.2, 0.25) is 5.95 Å². The Morgan fingerprint density at radius 1 is 0.963 bits per heavy atom. The van der Waals surface area contributed by atoms with E-state index in [0.717, 1.165) is 30.3 Å². The molecule has 7 heteroatoms. The molecule has 0 aliphatic carbocycles. The van der Waals surface area contributed by atoms with E-state index in [0.29, 0.717) is 5.95 Å². The number of aromatic nitrogens is 4. The van der Waals surface area contributed by atoms with Crippen LogP contribution in [0.5, 0.6) is 0 Å². The summed E-state index contributed by atoms with van der Waals surface area (Å²) in [6.45, 7) is 4.39. The molecule has 2 N–H and O–H groups in total. The second-order valence-corrected chi connectivity index (χ2v) is 6.73. The summed E-state index contributed by atoms with van der Waals surface area (Å²) in [6, 6.07) is 13.8. The van der Waals surface area contributed by atoms with Crippen molar-refractivity contribution in [3.05, 3.63) is 55.0 Å². The molecule has 0 amide bonds. The minimum absolute atomic E-state index is 0.560. The van der Waals surface area contributed by atoms with Gasteiger partial charge in [0.1, 0.15) is 12.1 Å². The van der Waals surface area contributed by atoms with Crippen molar-refractivity contribution >= 4 is 17.5 Å². The van der Waals surface area contributed by atoms with Gasteiger partial charge in [-0.05, 0) is 44.1 Å². The lowest BCUT2D eigenvalue weighted by Gasteiger charge is -2.26. The number of benzene rings is 1. The summed E-state index contributed by atoms with van der Waals surface area (Å²) < 4.78 is 1.75. The van der Waals surface area contributed by atoms with Crippen LogP contribution in [0.15, 0.2) is 55.0 Å². The average molecular weight is 363 g/mol. The molecule has 0 unspecified atom stereocenters. The molecule has 1 fully saturated rings. The van der Waals surface area contributed by atoms with E-state index in [1.54, 1.807) is 17.2 Å². The van der Waals surface area contributed by atoms with Crippen molar-refractivity contribution in [3.63, 3.8) is 0 Å². The topological polar surface area (TPSA) is 70.9 Å². The first-order chi connectivity index (χ1) is 13.4. The molecule has 0 atom stereocenters. The molecule has 7 nitrogen and oxygen atoms in total. The highest BCUT2D eigenvalue weighted by Crippen LogP contribution is 2.16. The Labute approximate surface area is 159 Å².